The molecule has 0 aromatic carbocycles. The maximum atomic E-state index is 11.0. The first-order chi connectivity index (χ1) is 8.25. The van der Waals surface area contributed by atoms with E-state index in [0.29, 0.717) is 5.92 Å². The second-order valence-corrected chi connectivity index (χ2v) is 4.26. The number of carbonyl (C=O) groups excluding carboxylic acids is 1. The Morgan fingerprint density at radius 2 is 2.53 bits per heavy atom. The van der Waals surface area contributed by atoms with E-state index in [2.05, 4.69) is 10.3 Å². The van der Waals surface area contributed by atoms with Crippen molar-refractivity contribution in [2.75, 3.05) is 25.1 Å². The van der Waals surface area contributed by atoms with Gasteiger partial charge in [-0.2, -0.15) is 0 Å². The second kappa shape index (κ2) is 5.63. The molecule has 0 bridgehead atoms. The maximum Gasteiger partial charge on any atom is 0.267 e. The monoisotopic (exact) mass is 235 g/mol. The molecule has 17 heavy (non-hydrogen) atoms. The fourth-order valence-corrected chi connectivity index (χ4v) is 1.91. The predicted octanol–water partition coefficient (Wildman–Crippen LogP) is 1.02. The summed E-state index contributed by atoms with van der Waals surface area (Å²) >= 11 is 0. The molecule has 1 aliphatic rings. The van der Waals surface area contributed by atoms with Crippen molar-refractivity contribution in [3.63, 3.8) is 0 Å². The van der Waals surface area contributed by atoms with Gasteiger partial charge in [0.25, 0.3) is 5.91 Å². The van der Waals surface area contributed by atoms with Crippen LogP contribution < -0.4 is 11.1 Å². The fourth-order valence-electron chi connectivity index (χ4n) is 1.91. The highest BCUT2D eigenvalue weighted by molar-refractivity contribution is 5.91. The van der Waals surface area contributed by atoms with Gasteiger partial charge in [0, 0.05) is 25.0 Å². The molecule has 1 aromatic rings. The standard InChI is InChI=1S/C12H17N3O2/c13-12(16)11-6-10(3-4-14-11)15-7-9-2-1-5-17-8-9/h3-4,6,9H,1-2,5,7-8H2,(H2,13,16)(H,14,15). The van der Waals surface area contributed by atoms with Gasteiger partial charge in [0.05, 0.1) is 6.61 Å². The average molecular weight is 235 g/mol. The van der Waals surface area contributed by atoms with Gasteiger partial charge in [-0.3, -0.25) is 9.78 Å². The fraction of sp³-hybridized carbons (Fsp3) is 0.500. The largest absolute Gasteiger partial charge is 0.385 e. The average Bonchev–Trinajstić information content (AvgIpc) is 2.38. The SMILES string of the molecule is NC(=O)c1cc(NCC2CCCOC2)ccn1. The summed E-state index contributed by atoms with van der Waals surface area (Å²) in [7, 11) is 0. The van der Waals surface area contributed by atoms with Gasteiger partial charge >= 0.3 is 0 Å². The molecular formula is C12H17N3O2. The van der Waals surface area contributed by atoms with Crippen LogP contribution in [-0.2, 0) is 4.74 Å². The summed E-state index contributed by atoms with van der Waals surface area (Å²) in [6.45, 7) is 2.53. The van der Waals surface area contributed by atoms with Gasteiger partial charge in [-0.1, -0.05) is 0 Å². The van der Waals surface area contributed by atoms with Crippen LogP contribution in [0.2, 0.25) is 0 Å². The third-order valence-electron chi connectivity index (χ3n) is 2.86. The number of amides is 1. The number of hydrogen-bond acceptors (Lipinski definition) is 4. The van der Waals surface area contributed by atoms with E-state index in [1.807, 2.05) is 6.07 Å². The molecule has 1 atom stereocenters. The Hall–Kier alpha value is -1.62. The van der Waals surface area contributed by atoms with Crippen molar-refractivity contribution >= 4 is 11.6 Å². The Kier molecular flexibility index (Phi) is 3.93. The van der Waals surface area contributed by atoms with Crippen LogP contribution in [0.1, 0.15) is 23.3 Å². The van der Waals surface area contributed by atoms with E-state index in [4.69, 9.17) is 10.5 Å². The molecule has 1 saturated heterocycles. The first kappa shape index (κ1) is 11.9. The van der Waals surface area contributed by atoms with Crippen LogP contribution in [0.3, 0.4) is 0 Å². The number of anilines is 1. The summed E-state index contributed by atoms with van der Waals surface area (Å²) in [5.74, 6) is 0.0311. The van der Waals surface area contributed by atoms with Gasteiger partial charge < -0.3 is 15.8 Å². The number of nitrogens with zero attached hydrogens (tertiary/aromatic N) is 1. The number of ether oxygens (including phenoxy) is 1. The lowest BCUT2D eigenvalue weighted by molar-refractivity contribution is 0.0595. The number of carbonyl (C=O) groups is 1. The van der Waals surface area contributed by atoms with Crippen molar-refractivity contribution in [1.82, 2.24) is 4.98 Å². The van der Waals surface area contributed by atoms with Gasteiger partial charge in [0.1, 0.15) is 5.69 Å². The van der Waals surface area contributed by atoms with Gasteiger partial charge in [0.2, 0.25) is 0 Å². The lowest BCUT2D eigenvalue weighted by atomic mass is 10.0. The van der Waals surface area contributed by atoms with E-state index >= 15 is 0 Å². The molecule has 1 amide bonds. The van der Waals surface area contributed by atoms with Gasteiger partial charge in [0.15, 0.2) is 0 Å². The van der Waals surface area contributed by atoms with Crippen LogP contribution in [0, 0.1) is 5.92 Å². The van der Waals surface area contributed by atoms with Crippen molar-refractivity contribution in [3.8, 4) is 0 Å². The molecular weight excluding hydrogens is 218 g/mol. The van der Waals surface area contributed by atoms with Crippen molar-refractivity contribution in [1.29, 1.82) is 0 Å². The van der Waals surface area contributed by atoms with Crippen LogP contribution in [0.15, 0.2) is 18.3 Å². The molecule has 1 aromatic heterocycles. The quantitative estimate of drug-likeness (QED) is 0.816. The summed E-state index contributed by atoms with van der Waals surface area (Å²) in [6, 6.07) is 3.50. The predicted molar refractivity (Wildman–Crippen MR) is 64.8 cm³/mol. The highest BCUT2D eigenvalue weighted by Gasteiger charge is 2.13. The van der Waals surface area contributed by atoms with E-state index in [0.717, 1.165) is 31.9 Å². The minimum absolute atomic E-state index is 0.287. The Balaban J connectivity index is 1.89. The van der Waals surface area contributed by atoms with E-state index in [9.17, 15) is 4.79 Å². The summed E-state index contributed by atoms with van der Waals surface area (Å²) in [6.07, 6.45) is 3.88. The Bertz CT molecular complexity index is 389. The summed E-state index contributed by atoms with van der Waals surface area (Å²) in [5.41, 5.74) is 6.33. The van der Waals surface area contributed by atoms with E-state index in [-0.39, 0.29) is 5.69 Å². The summed E-state index contributed by atoms with van der Waals surface area (Å²) < 4.78 is 5.41. The minimum Gasteiger partial charge on any atom is -0.385 e. The number of pyridine rings is 1. The molecule has 1 unspecified atom stereocenters. The third-order valence-corrected chi connectivity index (χ3v) is 2.86. The second-order valence-electron chi connectivity index (χ2n) is 4.26. The number of rotatable bonds is 4. The smallest absolute Gasteiger partial charge is 0.267 e. The van der Waals surface area contributed by atoms with Crippen molar-refractivity contribution in [3.05, 3.63) is 24.0 Å². The Labute approximate surface area is 100 Å². The number of aromatic nitrogens is 1. The molecule has 92 valence electrons. The molecule has 0 spiro atoms. The van der Waals surface area contributed by atoms with Crippen LogP contribution in [0.4, 0.5) is 5.69 Å². The molecule has 0 aliphatic carbocycles. The zero-order valence-electron chi connectivity index (χ0n) is 9.69. The zero-order valence-corrected chi connectivity index (χ0v) is 9.69. The molecule has 0 saturated carbocycles. The molecule has 5 heteroatoms. The highest BCUT2D eigenvalue weighted by atomic mass is 16.5. The number of nitrogens with two attached hydrogens (primary N) is 1. The van der Waals surface area contributed by atoms with E-state index in [1.165, 1.54) is 6.42 Å². The number of hydrogen-bond donors (Lipinski definition) is 2. The lowest BCUT2D eigenvalue weighted by Gasteiger charge is -2.22. The van der Waals surface area contributed by atoms with Crippen molar-refractivity contribution in [2.45, 2.75) is 12.8 Å². The number of primary amides is 1. The van der Waals surface area contributed by atoms with Crippen LogP contribution in [0.25, 0.3) is 0 Å². The van der Waals surface area contributed by atoms with E-state index < -0.39 is 5.91 Å². The molecule has 2 heterocycles. The number of nitrogens with one attached hydrogen (secondary N) is 1. The van der Waals surface area contributed by atoms with Crippen LogP contribution in [0.5, 0.6) is 0 Å². The highest BCUT2D eigenvalue weighted by Crippen LogP contribution is 2.15. The topological polar surface area (TPSA) is 77.2 Å². The Morgan fingerprint density at radius 1 is 1.65 bits per heavy atom. The molecule has 5 nitrogen and oxygen atoms in total. The summed E-state index contributed by atoms with van der Waals surface area (Å²) in [4.78, 5) is 14.9. The maximum absolute atomic E-state index is 11.0. The summed E-state index contributed by atoms with van der Waals surface area (Å²) in [5, 5.41) is 3.28. The normalized spacial score (nSPS) is 19.9. The van der Waals surface area contributed by atoms with Gasteiger partial charge in [-0.05, 0) is 30.9 Å². The van der Waals surface area contributed by atoms with Crippen LogP contribution >= 0.6 is 0 Å². The molecule has 2 rings (SSSR count). The van der Waals surface area contributed by atoms with Crippen molar-refractivity contribution in [2.24, 2.45) is 11.7 Å². The van der Waals surface area contributed by atoms with E-state index in [1.54, 1.807) is 12.3 Å². The first-order valence-electron chi connectivity index (χ1n) is 5.83. The third kappa shape index (κ3) is 3.42. The molecule has 1 fully saturated rings. The van der Waals surface area contributed by atoms with Gasteiger partial charge in [-0.25, -0.2) is 0 Å². The zero-order chi connectivity index (χ0) is 12.1. The first-order valence-corrected chi connectivity index (χ1v) is 5.83. The Morgan fingerprint density at radius 3 is 3.24 bits per heavy atom. The minimum atomic E-state index is -0.505. The molecule has 0 radical (unpaired) electrons. The molecule has 1 aliphatic heterocycles. The van der Waals surface area contributed by atoms with Crippen molar-refractivity contribution < 1.29 is 9.53 Å². The lowest BCUT2D eigenvalue weighted by Crippen LogP contribution is -2.24. The van der Waals surface area contributed by atoms with Crippen LogP contribution in [-0.4, -0.2) is 30.6 Å². The molecule has 3 N–H and O–H groups in total. The van der Waals surface area contributed by atoms with Gasteiger partial charge in [-0.15, -0.1) is 0 Å².